The van der Waals surface area contributed by atoms with Crippen molar-refractivity contribution in [3.05, 3.63) is 42.0 Å². The van der Waals surface area contributed by atoms with Crippen LogP contribution in [0.3, 0.4) is 0 Å². The van der Waals surface area contributed by atoms with Crippen LogP contribution >= 0.6 is 23.1 Å². The van der Waals surface area contributed by atoms with Crippen molar-refractivity contribution >= 4 is 50.2 Å². The van der Waals surface area contributed by atoms with E-state index >= 15 is 0 Å². The number of aromatic nitrogens is 2. The zero-order valence-electron chi connectivity index (χ0n) is 20.3. The van der Waals surface area contributed by atoms with Gasteiger partial charge in [-0.15, -0.1) is 11.8 Å². The minimum atomic E-state index is -0.306. The van der Waals surface area contributed by atoms with Crippen molar-refractivity contribution in [2.75, 3.05) is 64.1 Å². The van der Waals surface area contributed by atoms with Crippen LogP contribution in [-0.2, 0) is 9.53 Å². The molecule has 2 aliphatic rings. The standard InChI is InChI=1S/C25H30N6O3S2/c1-35-19-6-4-18(5-7-19)22(29-31-13-15-33-16-14-31)23(32)28-25-26-20-8-9-21(27-24(20)36-25)34-17-12-30-10-2-3-11-30/h4-9H,2-3,10-17H2,1H3,(H,26,28,32)/b29-22+. The Labute approximate surface area is 218 Å². The van der Waals surface area contributed by atoms with E-state index in [4.69, 9.17) is 9.47 Å². The van der Waals surface area contributed by atoms with Crippen LogP contribution in [0, 0.1) is 0 Å². The molecule has 5 rings (SSSR count). The van der Waals surface area contributed by atoms with Gasteiger partial charge in [0.05, 0.1) is 26.3 Å². The normalized spacial score (nSPS) is 17.0. The van der Waals surface area contributed by atoms with E-state index in [-0.39, 0.29) is 5.91 Å². The van der Waals surface area contributed by atoms with E-state index in [1.54, 1.807) is 11.8 Å². The molecular weight excluding hydrogens is 496 g/mol. The number of thiazole rings is 1. The van der Waals surface area contributed by atoms with Gasteiger partial charge in [0.15, 0.2) is 10.8 Å². The highest BCUT2D eigenvalue weighted by atomic mass is 32.2. The number of benzene rings is 1. The number of hydrogen-bond donors (Lipinski definition) is 1. The van der Waals surface area contributed by atoms with Gasteiger partial charge in [0, 0.05) is 23.1 Å². The van der Waals surface area contributed by atoms with Crippen LogP contribution in [0.15, 0.2) is 46.4 Å². The molecule has 0 aliphatic carbocycles. The van der Waals surface area contributed by atoms with Crippen molar-refractivity contribution in [1.29, 1.82) is 0 Å². The molecule has 2 aliphatic heterocycles. The molecule has 0 spiro atoms. The fraction of sp³-hybridized carbons (Fsp3) is 0.440. The lowest BCUT2D eigenvalue weighted by Gasteiger charge is -2.24. The van der Waals surface area contributed by atoms with Crippen molar-refractivity contribution in [2.45, 2.75) is 17.7 Å². The summed E-state index contributed by atoms with van der Waals surface area (Å²) >= 11 is 2.98. The molecule has 11 heteroatoms. The van der Waals surface area contributed by atoms with Gasteiger partial charge in [0.2, 0.25) is 5.88 Å². The predicted molar refractivity (Wildman–Crippen MR) is 144 cm³/mol. The fourth-order valence-electron chi connectivity index (χ4n) is 4.15. The summed E-state index contributed by atoms with van der Waals surface area (Å²) in [5.74, 6) is 0.270. The zero-order chi connectivity index (χ0) is 24.7. The summed E-state index contributed by atoms with van der Waals surface area (Å²) in [5.41, 5.74) is 1.82. The van der Waals surface area contributed by atoms with Crippen LogP contribution in [0.25, 0.3) is 10.3 Å². The highest BCUT2D eigenvalue weighted by Crippen LogP contribution is 2.27. The van der Waals surface area contributed by atoms with Crippen LogP contribution < -0.4 is 10.1 Å². The SMILES string of the molecule is CSc1ccc(/C(=N\N2CCOCC2)C(=O)Nc2nc3ccc(OCCN4CCCC4)nc3s2)cc1. The minimum Gasteiger partial charge on any atom is -0.476 e. The first-order chi connectivity index (χ1) is 17.7. The van der Waals surface area contributed by atoms with Crippen LogP contribution in [0.2, 0.25) is 0 Å². The van der Waals surface area contributed by atoms with Crippen molar-refractivity contribution < 1.29 is 14.3 Å². The van der Waals surface area contributed by atoms with Gasteiger partial charge in [-0.3, -0.25) is 20.0 Å². The lowest BCUT2D eigenvalue weighted by molar-refractivity contribution is -0.110. The molecule has 1 N–H and O–H groups in total. The summed E-state index contributed by atoms with van der Waals surface area (Å²) < 4.78 is 11.3. The molecule has 2 saturated heterocycles. The number of nitrogens with one attached hydrogen (secondary N) is 1. The number of fused-ring (bicyclic) bond motifs is 1. The second-order valence-corrected chi connectivity index (χ2v) is 10.4. The Hall–Kier alpha value is -2.73. The molecule has 0 atom stereocenters. The monoisotopic (exact) mass is 526 g/mol. The number of morpholine rings is 1. The third-order valence-electron chi connectivity index (χ3n) is 6.11. The van der Waals surface area contributed by atoms with Crippen LogP contribution in [0.5, 0.6) is 5.88 Å². The van der Waals surface area contributed by atoms with Gasteiger partial charge < -0.3 is 9.47 Å². The number of carbonyl (C=O) groups excluding carboxylic acids is 1. The van der Waals surface area contributed by atoms with Crippen LogP contribution in [-0.4, -0.2) is 90.3 Å². The van der Waals surface area contributed by atoms with Gasteiger partial charge in [-0.05, 0) is 50.4 Å². The molecule has 1 amide bonds. The molecule has 0 radical (unpaired) electrons. The molecule has 0 bridgehead atoms. The molecule has 2 aromatic heterocycles. The first-order valence-electron chi connectivity index (χ1n) is 12.2. The maximum atomic E-state index is 13.4. The van der Waals surface area contributed by atoms with E-state index in [0.717, 1.165) is 40.4 Å². The number of pyridine rings is 1. The van der Waals surface area contributed by atoms with Gasteiger partial charge in [-0.1, -0.05) is 23.5 Å². The smallest absolute Gasteiger partial charge is 0.278 e. The lowest BCUT2D eigenvalue weighted by Crippen LogP contribution is -2.35. The number of hydrogen-bond acceptors (Lipinski definition) is 10. The largest absolute Gasteiger partial charge is 0.476 e. The van der Waals surface area contributed by atoms with E-state index in [1.807, 2.05) is 47.7 Å². The van der Waals surface area contributed by atoms with Crippen LogP contribution in [0.4, 0.5) is 5.13 Å². The molecule has 0 saturated carbocycles. The van der Waals surface area contributed by atoms with E-state index in [9.17, 15) is 4.79 Å². The maximum absolute atomic E-state index is 13.4. The summed E-state index contributed by atoms with van der Waals surface area (Å²) in [6, 6.07) is 11.6. The average molecular weight is 527 g/mol. The Morgan fingerprint density at radius 2 is 1.89 bits per heavy atom. The third-order valence-corrected chi connectivity index (χ3v) is 7.74. The van der Waals surface area contributed by atoms with Gasteiger partial charge in [-0.2, -0.15) is 5.10 Å². The molecule has 36 heavy (non-hydrogen) atoms. The molecule has 3 aromatic rings. The number of thioether (sulfide) groups is 1. The maximum Gasteiger partial charge on any atom is 0.278 e. The molecule has 4 heterocycles. The summed E-state index contributed by atoms with van der Waals surface area (Å²) in [4.78, 5) is 26.8. The average Bonchev–Trinajstić information content (AvgIpc) is 3.57. The molecule has 1 aromatic carbocycles. The van der Waals surface area contributed by atoms with Crippen molar-refractivity contribution in [2.24, 2.45) is 5.10 Å². The van der Waals surface area contributed by atoms with Crippen molar-refractivity contribution in [1.82, 2.24) is 19.9 Å². The van der Waals surface area contributed by atoms with E-state index in [0.29, 0.717) is 49.6 Å². The third kappa shape index (κ3) is 6.33. The first-order valence-corrected chi connectivity index (χ1v) is 14.2. The van der Waals surface area contributed by atoms with Gasteiger partial charge in [0.1, 0.15) is 17.0 Å². The predicted octanol–water partition coefficient (Wildman–Crippen LogP) is 3.56. The summed E-state index contributed by atoms with van der Waals surface area (Å²) in [6.07, 6.45) is 4.55. The first kappa shape index (κ1) is 24.9. The number of rotatable bonds is 9. The fourth-order valence-corrected chi connectivity index (χ4v) is 5.39. The quantitative estimate of drug-likeness (QED) is 0.334. The van der Waals surface area contributed by atoms with E-state index < -0.39 is 0 Å². The number of anilines is 1. The second kappa shape index (κ2) is 12.0. The number of carbonyl (C=O) groups is 1. The number of amides is 1. The zero-order valence-corrected chi connectivity index (χ0v) is 21.9. The Morgan fingerprint density at radius 1 is 1.11 bits per heavy atom. The van der Waals surface area contributed by atoms with Crippen molar-refractivity contribution in [3.8, 4) is 5.88 Å². The number of ether oxygens (including phenoxy) is 2. The Balaban J connectivity index is 1.29. The molecule has 0 unspecified atom stereocenters. The Bertz CT molecular complexity index is 1200. The number of hydrazone groups is 1. The van der Waals surface area contributed by atoms with E-state index in [1.165, 1.54) is 24.2 Å². The minimum absolute atomic E-state index is 0.306. The Morgan fingerprint density at radius 3 is 2.64 bits per heavy atom. The van der Waals surface area contributed by atoms with E-state index in [2.05, 4.69) is 25.3 Å². The summed E-state index contributed by atoms with van der Waals surface area (Å²) in [7, 11) is 0. The summed E-state index contributed by atoms with van der Waals surface area (Å²) in [6.45, 7) is 6.28. The van der Waals surface area contributed by atoms with Gasteiger partial charge >= 0.3 is 0 Å². The number of nitrogens with zero attached hydrogens (tertiary/aromatic N) is 5. The van der Waals surface area contributed by atoms with Crippen molar-refractivity contribution in [3.63, 3.8) is 0 Å². The summed E-state index contributed by atoms with van der Waals surface area (Å²) in [5, 5.41) is 9.98. The highest BCUT2D eigenvalue weighted by molar-refractivity contribution is 7.98. The number of likely N-dealkylation sites (tertiary alicyclic amines) is 1. The molecule has 190 valence electrons. The topological polar surface area (TPSA) is 92.2 Å². The molecular formula is C25H30N6O3S2. The highest BCUT2D eigenvalue weighted by Gasteiger charge is 2.20. The molecule has 2 fully saturated rings. The van der Waals surface area contributed by atoms with Gasteiger partial charge in [-0.25, -0.2) is 9.97 Å². The molecule has 9 nitrogen and oxygen atoms in total. The van der Waals surface area contributed by atoms with Gasteiger partial charge in [0.25, 0.3) is 5.91 Å². The second-order valence-electron chi connectivity index (χ2n) is 8.59. The Kier molecular flexibility index (Phi) is 8.32. The van der Waals surface area contributed by atoms with Crippen LogP contribution in [0.1, 0.15) is 18.4 Å². The lowest BCUT2D eigenvalue weighted by atomic mass is 10.1.